The Morgan fingerprint density at radius 1 is 1.33 bits per heavy atom. The first kappa shape index (κ1) is 7.35. The molecular weight excluding hydrogens is 148 g/mol. The zero-order chi connectivity index (χ0) is 8.55. The number of fused-ring (bicyclic) bond motifs is 1. The molecule has 2 nitrogen and oxygen atoms in total. The lowest BCUT2D eigenvalue weighted by atomic mass is 10.3. The van der Waals surface area contributed by atoms with E-state index < -0.39 is 0 Å². The highest BCUT2D eigenvalue weighted by Gasteiger charge is 1.99. The molecule has 2 heteroatoms. The third kappa shape index (κ3) is 0.998. The van der Waals surface area contributed by atoms with E-state index in [1.807, 2.05) is 13.0 Å². The van der Waals surface area contributed by atoms with Gasteiger partial charge in [-0.3, -0.25) is 0 Å². The zero-order valence-electron chi connectivity index (χ0n) is 7.41. The fraction of sp³-hybridized carbons (Fsp3) is 0.300. The average molecular weight is 160 g/mol. The van der Waals surface area contributed by atoms with E-state index in [-0.39, 0.29) is 0 Å². The maximum atomic E-state index is 4.47. The Morgan fingerprint density at radius 2 is 2.17 bits per heavy atom. The summed E-state index contributed by atoms with van der Waals surface area (Å²) in [7, 11) is 0. The van der Waals surface area contributed by atoms with E-state index in [0.29, 0.717) is 0 Å². The molecule has 0 aliphatic rings. The van der Waals surface area contributed by atoms with E-state index in [4.69, 9.17) is 0 Å². The fourth-order valence-electron chi connectivity index (χ4n) is 1.41. The Morgan fingerprint density at radius 3 is 2.92 bits per heavy atom. The molecule has 2 heterocycles. The molecule has 0 spiro atoms. The molecule has 0 saturated heterocycles. The summed E-state index contributed by atoms with van der Waals surface area (Å²) < 4.78 is 2.16. The molecule has 0 unspecified atom stereocenters. The summed E-state index contributed by atoms with van der Waals surface area (Å²) in [4.78, 5) is 4.47. The monoisotopic (exact) mass is 160 g/mol. The van der Waals surface area contributed by atoms with E-state index in [1.165, 1.54) is 5.39 Å². The van der Waals surface area contributed by atoms with E-state index in [2.05, 4.69) is 34.8 Å². The van der Waals surface area contributed by atoms with Crippen molar-refractivity contribution < 1.29 is 0 Å². The fourth-order valence-corrected chi connectivity index (χ4v) is 1.41. The maximum Gasteiger partial charge on any atom is 0.140 e. The third-order valence-corrected chi connectivity index (χ3v) is 2.09. The topological polar surface area (TPSA) is 17.8 Å². The van der Waals surface area contributed by atoms with Crippen LogP contribution in [0.25, 0.3) is 11.0 Å². The highest BCUT2D eigenvalue weighted by Crippen LogP contribution is 2.13. The molecule has 0 aliphatic carbocycles. The van der Waals surface area contributed by atoms with Crippen LogP contribution in [-0.2, 0) is 6.54 Å². The molecule has 2 rings (SSSR count). The van der Waals surface area contributed by atoms with Gasteiger partial charge in [0.25, 0.3) is 0 Å². The predicted octanol–water partition coefficient (Wildman–Crippen LogP) is 2.36. The van der Waals surface area contributed by atoms with Crippen LogP contribution in [-0.4, -0.2) is 9.55 Å². The Labute approximate surface area is 71.8 Å². The van der Waals surface area contributed by atoms with Gasteiger partial charge in [0.05, 0.1) is 0 Å². The summed E-state index contributed by atoms with van der Waals surface area (Å²) in [5.74, 6) is 0. The normalized spacial score (nSPS) is 10.8. The molecule has 2 aromatic rings. The Balaban J connectivity index is 2.75. The second kappa shape index (κ2) is 2.63. The summed E-state index contributed by atoms with van der Waals surface area (Å²) >= 11 is 0. The summed E-state index contributed by atoms with van der Waals surface area (Å²) in [5.41, 5.74) is 2.17. The minimum absolute atomic E-state index is 0.986. The second-order valence-electron chi connectivity index (χ2n) is 2.97. The Kier molecular flexibility index (Phi) is 1.61. The molecular formula is C10H12N2. The van der Waals surface area contributed by atoms with Crippen LogP contribution in [0.4, 0.5) is 0 Å². The standard InChI is InChI=1S/C10H12N2/c1-3-12-7-6-9-5-4-8(2)11-10(9)12/h4-7H,3H2,1-2H3. The van der Waals surface area contributed by atoms with Gasteiger partial charge < -0.3 is 4.57 Å². The molecule has 0 N–H and O–H groups in total. The lowest BCUT2D eigenvalue weighted by Crippen LogP contribution is -1.93. The molecule has 0 atom stereocenters. The number of hydrogen-bond donors (Lipinski definition) is 0. The Bertz CT molecular complexity index is 401. The number of rotatable bonds is 1. The SMILES string of the molecule is CCn1ccc2ccc(C)nc21. The van der Waals surface area contributed by atoms with Gasteiger partial charge in [-0.2, -0.15) is 0 Å². The number of aryl methyl sites for hydroxylation is 2. The molecule has 0 fully saturated rings. The second-order valence-corrected chi connectivity index (χ2v) is 2.97. The van der Waals surface area contributed by atoms with Crippen molar-refractivity contribution in [1.82, 2.24) is 9.55 Å². The van der Waals surface area contributed by atoms with E-state index >= 15 is 0 Å². The highest BCUT2D eigenvalue weighted by molar-refractivity contribution is 5.76. The molecule has 0 bridgehead atoms. The van der Waals surface area contributed by atoms with E-state index in [1.54, 1.807) is 0 Å². The number of aromatic nitrogens is 2. The van der Waals surface area contributed by atoms with E-state index in [9.17, 15) is 0 Å². The first-order valence-electron chi connectivity index (χ1n) is 4.24. The summed E-state index contributed by atoms with van der Waals surface area (Å²) in [6, 6.07) is 6.26. The van der Waals surface area contributed by atoms with Gasteiger partial charge in [0.2, 0.25) is 0 Å². The lowest BCUT2D eigenvalue weighted by molar-refractivity contribution is 0.786. The first-order chi connectivity index (χ1) is 5.81. The molecule has 62 valence electrons. The molecule has 0 radical (unpaired) electrons. The average Bonchev–Trinajstić information content (AvgIpc) is 2.46. The van der Waals surface area contributed by atoms with Gasteiger partial charge in [-0.05, 0) is 32.0 Å². The van der Waals surface area contributed by atoms with Gasteiger partial charge in [-0.15, -0.1) is 0 Å². The van der Waals surface area contributed by atoms with Gasteiger partial charge in [-0.1, -0.05) is 0 Å². The van der Waals surface area contributed by atoms with Crippen LogP contribution in [0.2, 0.25) is 0 Å². The lowest BCUT2D eigenvalue weighted by Gasteiger charge is -1.99. The van der Waals surface area contributed by atoms with Crippen molar-refractivity contribution in [3.63, 3.8) is 0 Å². The van der Waals surface area contributed by atoms with Gasteiger partial charge >= 0.3 is 0 Å². The molecule has 2 aromatic heterocycles. The summed E-state index contributed by atoms with van der Waals surface area (Å²) in [6.07, 6.45) is 2.08. The minimum atomic E-state index is 0.986. The smallest absolute Gasteiger partial charge is 0.140 e. The Hall–Kier alpha value is -1.31. The van der Waals surface area contributed by atoms with Crippen LogP contribution >= 0.6 is 0 Å². The van der Waals surface area contributed by atoms with Gasteiger partial charge in [0.1, 0.15) is 5.65 Å². The first-order valence-corrected chi connectivity index (χ1v) is 4.24. The van der Waals surface area contributed by atoms with Crippen molar-refractivity contribution in [2.75, 3.05) is 0 Å². The van der Waals surface area contributed by atoms with Crippen molar-refractivity contribution in [1.29, 1.82) is 0 Å². The van der Waals surface area contributed by atoms with Crippen molar-refractivity contribution in [2.24, 2.45) is 0 Å². The molecule has 0 amide bonds. The zero-order valence-corrected chi connectivity index (χ0v) is 7.41. The van der Waals surface area contributed by atoms with Crippen molar-refractivity contribution >= 4 is 11.0 Å². The van der Waals surface area contributed by atoms with Crippen molar-refractivity contribution in [3.05, 3.63) is 30.1 Å². The maximum absolute atomic E-state index is 4.47. The van der Waals surface area contributed by atoms with Crippen LogP contribution in [0.3, 0.4) is 0 Å². The number of pyridine rings is 1. The van der Waals surface area contributed by atoms with Gasteiger partial charge in [0, 0.05) is 23.8 Å². The van der Waals surface area contributed by atoms with Crippen LogP contribution in [0.15, 0.2) is 24.4 Å². The predicted molar refractivity (Wildman–Crippen MR) is 50.1 cm³/mol. The summed E-state index contributed by atoms with van der Waals surface area (Å²) in [5, 5.41) is 1.22. The largest absolute Gasteiger partial charge is 0.333 e. The molecule has 0 aromatic carbocycles. The van der Waals surface area contributed by atoms with Crippen LogP contribution in [0.5, 0.6) is 0 Å². The van der Waals surface area contributed by atoms with Gasteiger partial charge in [0.15, 0.2) is 0 Å². The van der Waals surface area contributed by atoms with Crippen LogP contribution < -0.4 is 0 Å². The third-order valence-electron chi connectivity index (χ3n) is 2.09. The highest BCUT2D eigenvalue weighted by atomic mass is 15.0. The van der Waals surface area contributed by atoms with Crippen molar-refractivity contribution in [3.8, 4) is 0 Å². The molecule has 12 heavy (non-hydrogen) atoms. The molecule has 0 aliphatic heterocycles. The summed E-state index contributed by atoms with van der Waals surface area (Å²) in [6.45, 7) is 5.13. The number of nitrogens with zero attached hydrogens (tertiary/aromatic N) is 2. The molecule has 0 saturated carbocycles. The minimum Gasteiger partial charge on any atom is -0.333 e. The van der Waals surface area contributed by atoms with Crippen LogP contribution in [0, 0.1) is 6.92 Å². The van der Waals surface area contributed by atoms with Gasteiger partial charge in [-0.25, -0.2) is 4.98 Å². The quantitative estimate of drug-likeness (QED) is 0.626. The van der Waals surface area contributed by atoms with E-state index in [0.717, 1.165) is 17.9 Å². The number of hydrogen-bond acceptors (Lipinski definition) is 1. The van der Waals surface area contributed by atoms with Crippen molar-refractivity contribution in [2.45, 2.75) is 20.4 Å². The van der Waals surface area contributed by atoms with Crippen LogP contribution in [0.1, 0.15) is 12.6 Å².